The van der Waals surface area contributed by atoms with Gasteiger partial charge < -0.3 is 4.74 Å². The number of carbonyl (C=O) groups excluding carboxylic acids is 1. The zero-order chi connectivity index (χ0) is 23.5. The second kappa shape index (κ2) is 26.5. The van der Waals surface area contributed by atoms with E-state index in [1.165, 1.54) is 142 Å². The van der Waals surface area contributed by atoms with Crippen molar-refractivity contribution < 1.29 is 9.53 Å². The first-order valence-electron chi connectivity index (χ1n) is 14.5. The Hall–Kier alpha value is -0.790. The maximum absolute atomic E-state index is 11.3. The highest BCUT2D eigenvalue weighted by atomic mass is 16.5. The Balaban J connectivity index is 3.41. The zero-order valence-corrected chi connectivity index (χ0v) is 22.3. The van der Waals surface area contributed by atoms with Crippen LogP contribution in [0.4, 0.5) is 0 Å². The van der Waals surface area contributed by atoms with Crippen molar-refractivity contribution in [1.29, 1.82) is 0 Å². The molecule has 1 unspecified atom stereocenters. The van der Waals surface area contributed by atoms with Crippen molar-refractivity contribution in [3.63, 3.8) is 0 Å². The van der Waals surface area contributed by atoms with Gasteiger partial charge in [0.05, 0.1) is 0 Å². The van der Waals surface area contributed by atoms with Crippen LogP contribution in [0.5, 0.6) is 0 Å². The third kappa shape index (κ3) is 25.5. The van der Waals surface area contributed by atoms with E-state index in [4.69, 9.17) is 4.74 Å². The van der Waals surface area contributed by atoms with Gasteiger partial charge in [-0.25, -0.2) is 0 Å². The molecule has 2 nitrogen and oxygen atoms in total. The highest BCUT2D eigenvalue weighted by Crippen LogP contribution is 2.15. The summed E-state index contributed by atoms with van der Waals surface area (Å²) in [6, 6.07) is 0. The van der Waals surface area contributed by atoms with Crippen LogP contribution in [0.25, 0.3) is 0 Å². The number of hydrogen-bond acceptors (Lipinski definition) is 2. The van der Waals surface area contributed by atoms with E-state index in [1.54, 1.807) is 0 Å². The summed E-state index contributed by atoms with van der Waals surface area (Å²) in [4.78, 5) is 11.3. The minimum atomic E-state index is -0.142. The molecule has 0 bridgehead atoms. The first-order chi connectivity index (χ1) is 15.7. The van der Waals surface area contributed by atoms with Crippen LogP contribution in [0, 0.1) is 0 Å². The molecule has 0 heterocycles. The maximum Gasteiger partial charge on any atom is 0.302 e. The van der Waals surface area contributed by atoms with Crippen molar-refractivity contribution in [2.24, 2.45) is 0 Å². The first-order valence-corrected chi connectivity index (χ1v) is 14.5. The van der Waals surface area contributed by atoms with Gasteiger partial charge in [-0.2, -0.15) is 0 Å². The van der Waals surface area contributed by atoms with Crippen molar-refractivity contribution in [2.45, 2.75) is 175 Å². The molecular weight excluding hydrogens is 392 g/mol. The molecule has 0 saturated carbocycles. The van der Waals surface area contributed by atoms with Crippen LogP contribution in [0.15, 0.2) is 12.2 Å². The van der Waals surface area contributed by atoms with Crippen LogP contribution >= 0.6 is 0 Å². The third-order valence-electron chi connectivity index (χ3n) is 6.50. The maximum atomic E-state index is 11.3. The number of esters is 1. The molecule has 32 heavy (non-hydrogen) atoms. The second-order valence-corrected chi connectivity index (χ2v) is 9.88. The molecule has 0 fully saturated rings. The monoisotopic (exact) mass is 450 g/mol. The van der Waals surface area contributed by atoms with Crippen LogP contribution in [0.3, 0.4) is 0 Å². The molecule has 0 amide bonds. The summed E-state index contributed by atoms with van der Waals surface area (Å²) in [5.41, 5.74) is 0. The molecule has 0 aromatic carbocycles. The molecular formula is C30H58O2. The molecule has 2 heteroatoms. The Morgan fingerprint density at radius 2 is 1.00 bits per heavy atom. The highest BCUT2D eigenvalue weighted by Gasteiger charge is 2.09. The average molecular weight is 451 g/mol. The van der Waals surface area contributed by atoms with E-state index >= 15 is 0 Å². The minimum absolute atomic E-state index is 0.0754. The van der Waals surface area contributed by atoms with Crippen molar-refractivity contribution >= 4 is 5.97 Å². The normalized spacial score (nSPS) is 12.5. The first kappa shape index (κ1) is 31.2. The summed E-state index contributed by atoms with van der Waals surface area (Å²) in [7, 11) is 0. The Kier molecular flexibility index (Phi) is 25.8. The predicted octanol–water partition coefficient (Wildman–Crippen LogP) is 10.5. The van der Waals surface area contributed by atoms with E-state index in [0.717, 1.165) is 12.8 Å². The van der Waals surface area contributed by atoms with E-state index in [9.17, 15) is 4.79 Å². The van der Waals surface area contributed by atoms with Gasteiger partial charge >= 0.3 is 5.97 Å². The molecule has 0 aliphatic heterocycles. The molecule has 0 aromatic rings. The minimum Gasteiger partial charge on any atom is -0.462 e. The van der Waals surface area contributed by atoms with Gasteiger partial charge in [-0.3, -0.25) is 4.79 Å². The van der Waals surface area contributed by atoms with Crippen LogP contribution in [0.2, 0.25) is 0 Å². The van der Waals surface area contributed by atoms with Gasteiger partial charge in [0.1, 0.15) is 6.10 Å². The molecule has 0 aliphatic carbocycles. The summed E-state index contributed by atoms with van der Waals surface area (Å²) < 4.78 is 5.48. The van der Waals surface area contributed by atoms with E-state index in [-0.39, 0.29) is 12.1 Å². The van der Waals surface area contributed by atoms with Gasteiger partial charge in [-0.15, -0.1) is 0 Å². The molecule has 0 N–H and O–H groups in total. The van der Waals surface area contributed by atoms with E-state index in [2.05, 4.69) is 26.0 Å². The summed E-state index contributed by atoms with van der Waals surface area (Å²) >= 11 is 0. The Morgan fingerprint density at radius 1 is 0.594 bits per heavy atom. The summed E-state index contributed by atoms with van der Waals surface area (Å²) in [5.74, 6) is -0.142. The fourth-order valence-corrected chi connectivity index (χ4v) is 4.43. The van der Waals surface area contributed by atoms with Gasteiger partial charge in [0, 0.05) is 13.3 Å². The quantitative estimate of drug-likeness (QED) is 0.0785. The number of rotatable bonds is 25. The summed E-state index contributed by atoms with van der Waals surface area (Å²) in [5, 5.41) is 0. The van der Waals surface area contributed by atoms with Crippen LogP contribution in [-0.4, -0.2) is 12.1 Å². The summed E-state index contributed by atoms with van der Waals surface area (Å²) in [6.45, 7) is 6.05. The number of unbranched alkanes of at least 4 members (excludes halogenated alkanes) is 19. The molecule has 0 radical (unpaired) electrons. The van der Waals surface area contributed by atoms with Crippen molar-refractivity contribution in [1.82, 2.24) is 0 Å². The molecule has 0 saturated heterocycles. The van der Waals surface area contributed by atoms with E-state index in [1.807, 2.05) is 0 Å². The predicted molar refractivity (Wildman–Crippen MR) is 142 cm³/mol. The lowest BCUT2D eigenvalue weighted by molar-refractivity contribution is -0.146. The Labute approximate surface area is 202 Å². The number of hydrogen-bond donors (Lipinski definition) is 0. The van der Waals surface area contributed by atoms with Gasteiger partial charge in [0.25, 0.3) is 0 Å². The third-order valence-corrected chi connectivity index (χ3v) is 6.50. The van der Waals surface area contributed by atoms with Crippen molar-refractivity contribution in [2.75, 3.05) is 0 Å². The SMILES string of the molecule is CCCCCCCCCCCCCCCCCCC=CCC(CCCCCC)OC(C)=O. The smallest absolute Gasteiger partial charge is 0.302 e. The lowest BCUT2D eigenvalue weighted by Crippen LogP contribution is -2.15. The molecule has 0 rings (SSSR count). The summed E-state index contributed by atoms with van der Waals surface area (Å²) in [6.07, 6.45) is 35.3. The van der Waals surface area contributed by atoms with Gasteiger partial charge in [0.2, 0.25) is 0 Å². The van der Waals surface area contributed by atoms with Crippen LogP contribution < -0.4 is 0 Å². The molecule has 190 valence electrons. The second-order valence-electron chi connectivity index (χ2n) is 9.88. The van der Waals surface area contributed by atoms with Crippen LogP contribution in [0.1, 0.15) is 168 Å². The lowest BCUT2D eigenvalue weighted by atomic mass is 10.0. The standard InChI is InChI=1S/C30H58O2/c1-4-6-8-10-11-12-13-14-15-16-17-18-19-20-21-22-23-24-26-28-30(32-29(3)31)27-25-9-7-5-2/h24,26,30H,4-23,25,27-28H2,1-3H3. The van der Waals surface area contributed by atoms with Gasteiger partial charge in [0.15, 0.2) is 0 Å². The molecule has 0 aliphatic rings. The number of allylic oxidation sites excluding steroid dienone is 1. The topological polar surface area (TPSA) is 26.3 Å². The zero-order valence-electron chi connectivity index (χ0n) is 22.3. The van der Waals surface area contributed by atoms with E-state index in [0.29, 0.717) is 0 Å². The van der Waals surface area contributed by atoms with Gasteiger partial charge in [-0.05, 0) is 25.7 Å². The molecule has 0 aromatic heterocycles. The number of ether oxygens (including phenoxy) is 1. The average Bonchev–Trinajstić information content (AvgIpc) is 2.77. The Bertz CT molecular complexity index is 402. The largest absolute Gasteiger partial charge is 0.462 e. The van der Waals surface area contributed by atoms with Crippen LogP contribution in [-0.2, 0) is 9.53 Å². The molecule has 0 spiro atoms. The van der Waals surface area contributed by atoms with E-state index < -0.39 is 0 Å². The highest BCUT2D eigenvalue weighted by molar-refractivity contribution is 5.66. The van der Waals surface area contributed by atoms with Crippen molar-refractivity contribution in [3.8, 4) is 0 Å². The Morgan fingerprint density at radius 3 is 1.44 bits per heavy atom. The van der Waals surface area contributed by atoms with Gasteiger partial charge in [-0.1, -0.05) is 142 Å². The fraction of sp³-hybridized carbons (Fsp3) is 0.900. The van der Waals surface area contributed by atoms with Crippen molar-refractivity contribution in [3.05, 3.63) is 12.2 Å². The number of carbonyl (C=O) groups is 1. The molecule has 1 atom stereocenters. The fourth-order valence-electron chi connectivity index (χ4n) is 4.43. The lowest BCUT2D eigenvalue weighted by Gasteiger charge is -2.15.